The minimum absolute atomic E-state index is 0.0699. The molecule has 0 saturated carbocycles. The van der Waals surface area contributed by atoms with Crippen LogP contribution >= 0.6 is 11.3 Å². The summed E-state index contributed by atoms with van der Waals surface area (Å²) < 4.78 is 2.68. The van der Waals surface area contributed by atoms with E-state index >= 15 is 0 Å². The van der Waals surface area contributed by atoms with Gasteiger partial charge in [-0.1, -0.05) is 159 Å². The highest BCUT2D eigenvalue weighted by molar-refractivity contribution is 7.26. The average molecular weight is 629 g/mol. The first-order valence-electron chi connectivity index (χ1n) is 16.8. The van der Waals surface area contributed by atoms with Crippen molar-refractivity contribution >= 4 is 53.1 Å². The molecule has 0 N–H and O–H groups in total. The zero-order valence-corrected chi connectivity index (χ0v) is 27.7. The van der Waals surface area contributed by atoms with Gasteiger partial charge in [-0.05, 0) is 83.7 Å². The van der Waals surface area contributed by atoms with Crippen LogP contribution in [0.2, 0.25) is 0 Å². The van der Waals surface area contributed by atoms with Crippen LogP contribution < -0.4 is 0 Å². The Morgan fingerprint density at radius 3 is 1.79 bits per heavy atom. The Balaban J connectivity index is 1.38. The van der Waals surface area contributed by atoms with E-state index in [9.17, 15) is 0 Å². The molecule has 0 radical (unpaired) electrons. The van der Waals surface area contributed by atoms with Gasteiger partial charge in [0.1, 0.15) is 0 Å². The molecule has 10 rings (SSSR count). The first-order valence-corrected chi connectivity index (χ1v) is 17.6. The van der Waals surface area contributed by atoms with Gasteiger partial charge in [-0.25, -0.2) is 0 Å². The summed E-state index contributed by atoms with van der Waals surface area (Å²) in [5.74, 6) is 0. The second-order valence-electron chi connectivity index (χ2n) is 13.6. The van der Waals surface area contributed by atoms with Gasteiger partial charge in [0.05, 0.1) is 0 Å². The molecule has 0 fully saturated rings. The molecule has 0 atom stereocenters. The van der Waals surface area contributed by atoms with Gasteiger partial charge in [-0.3, -0.25) is 0 Å². The zero-order chi connectivity index (χ0) is 32.0. The molecule has 0 saturated heterocycles. The second-order valence-corrected chi connectivity index (χ2v) is 14.7. The van der Waals surface area contributed by atoms with Crippen molar-refractivity contribution in [3.63, 3.8) is 0 Å². The van der Waals surface area contributed by atoms with E-state index in [1.165, 1.54) is 97.4 Å². The van der Waals surface area contributed by atoms with Gasteiger partial charge in [-0.2, -0.15) is 0 Å². The minimum atomic E-state index is -0.0699. The lowest BCUT2D eigenvalue weighted by Crippen LogP contribution is -2.14. The van der Waals surface area contributed by atoms with Gasteiger partial charge in [0.2, 0.25) is 0 Å². The van der Waals surface area contributed by atoms with Crippen LogP contribution in [0.1, 0.15) is 25.0 Å². The summed E-state index contributed by atoms with van der Waals surface area (Å²) in [5, 5.41) is 7.82. The Bertz CT molecular complexity index is 2740. The molecule has 1 aromatic heterocycles. The fourth-order valence-corrected chi connectivity index (χ4v) is 9.70. The number of benzene rings is 8. The normalized spacial score (nSPS) is 13.4. The molecule has 1 aliphatic carbocycles. The quantitative estimate of drug-likeness (QED) is 0.171. The molecule has 0 bridgehead atoms. The van der Waals surface area contributed by atoms with Gasteiger partial charge >= 0.3 is 0 Å². The standard InChI is InChI=1S/C47H32S/c1-47(2)40-23-10-8-19-36(40)45-37(21-13-24-41(45)47)44-33-18-7-6-17-32(33)43(34-27-26-30(28-39(34)44)29-14-4-3-5-15-29)38-22-12-20-35-31-16-9-11-25-42(31)48-46(35)38/h3-28H,1-2H3. The van der Waals surface area contributed by atoms with Gasteiger partial charge < -0.3 is 0 Å². The largest absolute Gasteiger partial charge is 0.135 e. The Kier molecular flexibility index (Phi) is 5.89. The van der Waals surface area contributed by atoms with Crippen molar-refractivity contribution in [2.75, 3.05) is 0 Å². The fourth-order valence-electron chi connectivity index (χ4n) is 8.48. The molecule has 0 nitrogen and oxygen atoms in total. The number of hydrogen-bond acceptors (Lipinski definition) is 1. The van der Waals surface area contributed by atoms with Crippen molar-refractivity contribution in [2.45, 2.75) is 19.3 Å². The summed E-state index contributed by atoms with van der Waals surface area (Å²) in [4.78, 5) is 0. The van der Waals surface area contributed by atoms with E-state index in [0.717, 1.165) is 0 Å². The summed E-state index contributed by atoms with van der Waals surface area (Å²) in [5.41, 5.74) is 13.2. The highest BCUT2D eigenvalue weighted by atomic mass is 32.1. The molecule has 0 aliphatic heterocycles. The van der Waals surface area contributed by atoms with E-state index in [1.54, 1.807) is 0 Å². The monoisotopic (exact) mass is 628 g/mol. The molecular formula is C47H32S. The van der Waals surface area contributed by atoms with Crippen LogP contribution in [0.5, 0.6) is 0 Å². The molecular weight excluding hydrogens is 597 g/mol. The summed E-state index contributed by atoms with van der Waals surface area (Å²) >= 11 is 1.91. The highest BCUT2D eigenvalue weighted by Crippen LogP contribution is 2.55. The van der Waals surface area contributed by atoms with Crippen LogP contribution in [0, 0.1) is 0 Å². The zero-order valence-electron chi connectivity index (χ0n) is 26.9. The van der Waals surface area contributed by atoms with Gasteiger partial charge in [0.25, 0.3) is 0 Å². The van der Waals surface area contributed by atoms with Crippen LogP contribution in [0.4, 0.5) is 0 Å². The van der Waals surface area contributed by atoms with Crippen LogP contribution in [-0.4, -0.2) is 0 Å². The maximum absolute atomic E-state index is 2.45. The molecule has 8 aromatic carbocycles. The number of rotatable bonds is 3. The molecule has 1 heterocycles. The Morgan fingerprint density at radius 2 is 0.958 bits per heavy atom. The average Bonchev–Trinajstić information content (AvgIpc) is 3.63. The number of hydrogen-bond donors (Lipinski definition) is 0. The molecule has 0 amide bonds. The lowest BCUT2D eigenvalue weighted by atomic mass is 9.80. The summed E-state index contributed by atoms with van der Waals surface area (Å²) in [6, 6.07) is 58.8. The molecule has 226 valence electrons. The third-order valence-corrected chi connectivity index (χ3v) is 11.9. The Morgan fingerprint density at radius 1 is 0.375 bits per heavy atom. The van der Waals surface area contributed by atoms with Gasteiger partial charge in [-0.15, -0.1) is 11.3 Å². The number of fused-ring (bicyclic) bond motifs is 8. The summed E-state index contributed by atoms with van der Waals surface area (Å²) in [6.45, 7) is 4.75. The number of thiophene rings is 1. The molecule has 48 heavy (non-hydrogen) atoms. The van der Waals surface area contributed by atoms with E-state index in [4.69, 9.17) is 0 Å². The molecule has 9 aromatic rings. The van der Waals surface area contributed by atoms with Crippen LogP contribution in [-0.2, 0) is 5.41 Å². The van der Waals surface area contributed by atoms with Crippen molar-refractivity contribution in [2.24, 2.45) is 0 Å². The van der Waals surface area contributed by atoms with Crippen LogP contribution in [0.25, 0.3) is 86.2 Å². The third kappa shape index (κ3) is 3.83. The van der Waals surface area contributed by atoms with E-state index in [0.29, 0.717) is 0 Å². The van der Waals surface area contributed by atoms with Gasteiger partial charge in [0, 0.05) is 31.2 Å². The SMILES string of the molecule is CC1(C)c2ccccc2-c2c(-c3c4ccccc4c(-c4cccc5c4sc4ccccc45)c4ccc(-c5ccccc5)cc34)cccc21. The topological polar surface area (TPSA) is 0 Å². The smallest absolute Gasteiger partial charge is 0.0434 e. The van der Waals surface area contributed by atoms with E-state index in [1.807, 2.05) is 11.3 Å². The molecule has 1 heteroatoms. The van der Waals surface area contributed by atoms with Crippen molar-refractivity contribution in [3.05, 3.63) is 169 Å². The fraction of sp³-hybridized carbons (Fsp3) is 0.0638. The van der Waals surface area contributed by atoms with E-state index in [2.05, 4.69) is 172 Å². The Labute approximate surface area is 284 Å². The van der Waals surface area contributed by atoms with Crippen molar-refractivity contribution in [3.8, 4) is 44.5 Å². The third-order valence-electron chi connectivity index (χ3n) is 10.7. The van der Waals surface area contributed by atoms with Crippen molar-refractivity contribution in [1.82, 2.24) is 0 Å². The minimum Gasteiger partial charge on any atom is -0.135 e. The van der Waals surface area contributed by atoms with Crippen molar-refractivity contribution in [1.29, 1.82) is 0 Å². The molecule has 0 unspecified atom stereocenters. The molecule has 1 aliphatic rings. The highest BCUT2D eigenvalue weighted by Gasteiger charge is 2.37. The predicted molar refractivity (Wildman–Crippen MR) is 208 cm³/mol. The summed E-state index contributed by atoms with van der Waals surface area (Å²) in [6.07, 6.45) is 0. The lowest BCUT2D eigenvalue weighted by Gasteiger charge is -2.23. The van der Waals surface area contributed by atoms with Crippen molar-refractivity contribution < 1.29 is 0 Å². The maximum Gasteiger partial charge on any atom is 0.0434 e. The van der Waals surface area contributed by atoms with Crippen LogP contribution in [0.3, 0.4) is 0 Å². The van der Waals surface area contributed by atoms with E-state index < -0.39 is 0 Å². The van der Waals surface area contributed by atoms with Crippen LogP contribution in [0.15, 0.2) is 158 Å². The lowest BCUT2D eigenvalue weighted by molar-refractivity contribution is 0.660. The van der Waals surface area contributed by atoms with Gasteiger partial charge in [0.15, 0.2) is 0 Å². The maximum atomic E-state index is 2.45. The summed E-state index contributed by atoms with van der Waals surface area (Å²) in [7, 11) is 0. The van der Waals surface area contributed by atoms with E-state index in [-0.39, 0.29) is 5.41 Å². The first-order chi connectivity index (χ1) is 23.6. The predicted octanol–water partition coefficient (Wildman–Crippen LogP) is 13.7. The first kappa shape index (κ1) is 27.6. The Hall–Kier alpha value is -5.50. The second kappa shape index (κ2) is 10.2. The molecule has 0 spiro atoms.